The molecule has 5 aliphatic rings. The number of aliphatic hydroxyl groups excluding tert-OH is 1. The maximum atomic E-state index is 15.3. The van der Waals surface area contributed by atoms with E-state index in [1.54, 1.807) is 0 Å². The van der Waals surface area contributed by atoms with Gasteiger partial charge in [-0.25, -0.2) is 0 Å². The van der Waals surface area contributed by atoms with Crippen LogP contribution in [-0.2, 0) is 20.6 Å². The zero-order valence-corrected chi connectivity index (χ0v) is 26.9. The van der Waals surface area contributed by atoms with Crippen LogP contribution in [0.15, 0.2) is 35.4 Å². The van der Waals surface area contributed by atoms with E-state index in [0.29, 0.717) is 51.9 Å². The Morgan fingerprint density at radius 3 is 2.22 bits per heavy atom. The molecule has 258 valence electrons. The summed E-state index contributed by atoms with van der Waals surface area (Å²) in [5.74, 6) is -7.74. The van der Waals surface area contributed by atoms with Crippen molar-refractivity contribution >= 4 is 0 Å². The molecule has 1 aromatic rings. The molecule has 1 aromatic carbocycles. The standard InChI is InChI=1S/C35H47F5O6/c1-29(2)20-45-32(46-21-29)13-9-27-28-24(8-12-31(27,42)19-32)26-10-14-33(43,34(36,37)35(38,39)40)30(26,3)18-25(28)23-6-4-22(5-7-23)11-16-44-17-15-41/h4-7,24-26,41-43H,8-21H2,1-3H3/t24?,25-,26?,30+,31?,33+/m1/s1. The van der Waals surface area contributed by atoms with Gasteiger partial charge in [0, 0.05) is 29.6 Å². The fraction of sp³-hybridized carbons (Fsp3) is 0.771. The number of fused-ring (bicyclic) bond motifs is 4. The van der Waals surface area contributed by atoms with Crippen LogP contribution in [0.1, 0.15) is 89.2 Å². The van der Waals surface area contributed by atoms with Crippen molar-refractivity contribution in [2.45, 2.75) is 114 Å². The fourth-order valence-corrected chi connectivity index (χ4v) is 9.58. The predicted molar refractivity (Wildman–Crippen MR) is 159 cm³/mol. The summed E-state index contributed by atoms with van der Waals surface area (Å²) in [5, 5.41) is 32.8. The van der Waals surface area contributed by atoms with E-state index in [4.69, 9.17) is 19.3 Å². The minimum atomic E-state index is -5.90. The van der Waals surface area contributed by atoms with E-state index < -0.39 is 52.8 Å². The number of aliphatic hydroxyl groups is 3. The lowest BCUT2D eigenvalue weighted by Crippen LogP contribution is -2.65. The highest BCUT2D eigenvalue weighted by atomic mass is 19.4. The van der Waals surface area contributed by atoms with Crippen LogP contribution in [0.25, 0.3) is 0 Å². The number of halogens is 5. The monoisotopic (exact) mass is 658 g/mol. The van der Waals surface area contributed by atoms with Crippen LogP contribution in [0.2, 0.25) is 0 Å². The Hall–Kier alpha value is -1.63. The third-order valence-corrected chi connectivity index (χ3v) is 12.0. The molecule has 6 atom stereocenters. The van der Waals surface area contributed by atoms with E-state index >= 15 is 8.78 Å². The third kappa shape index (κ3) is 5.35. The van der Waals surface area contributed by atoms with Crippen LogP contribution < -0.4 is 0 Å². The summed E-state index contributed by atoms with van der Waals surface area (Å²) >= 11 is 0. The Kier molecular flexibility index (Phi) is 8.54. The number of hydrogen-bond acceptors (Lipinski definition) is 6. The number of ether oxygens (including phenoxy) is 3. The number of hydrogen-bond donors (Lipinski definition) is 3. The first-order chi connectivity index (χ1) is 21.4. The first-order valence-corrected chi connectivity index (χ1v) is 16.6. The molecule has 0 amide bonds. The van der Waals surface area contributed by atoms with Crippen molar-refractivity contribution in [3.05, 3.63) is 46.5 Å². The van der Waals surface area contributed by atoms with Crippen LogP contribution in [0.4, 0.5) is 22.0 Å². The van der Waals surface area contributed by atoms with Crippen molar-refractivity contribution in [1.29, 1.82) is 0 Å². The molecule has 4 fully saturated rings. The molecule has 4 aliphatic carbocycles. The van der Waals surface area contributed by atoms with Gasteiger partial charge in [-0.1, -0.05) is 50.6 Å². The molecule has 1 heterocycles. The highest BCUT2D eigenvalue weighted by molar-refractivity contribution is 5.44. The van der Waals surface area contributed by atoms with Gasteiger partial charge < -0.3 is 29.5 Å². The largest absolute Gasteiger partial charge is 0.456 e. The Morgan fingerprint density at radius 1 is 0.913 bits per heavy atom. The Labute approximate surface area is 267 Å². The average molecular weight is 659 g/mol. The lowest BCUT2D eigenvalue weighted by molar-refractivity contribution is -0.362. The molecule has 0 aromatic heterocycles. The van der Waals surface area contributed by atoms with Crippen LogP contribution >= 0.6 is 0 Å². The molecule has 0 bridgehead atoms. The van der Waals surface area contributed by atoms with Crippen molar-refractivity contribution in [2.75, 3.05) is 33.0 Å². The summed E-state index contributed by atoms with van der Waals surface area (Å²) in [6.07, 6.45) is -4.09. The molecule has 3 saturated carbocycles. The van der Waals surface area contributed by atoms with Gasteiger partial charge in [-0.2, -0.15) is 22.0 Å². The molecular formula is C35H47F5O6. The summed E-state index contributed by atoms with van der Waals surface area (Å²) in [7, 11) is 0. The Balaban J connectivity index is 1.40. The lowest BCUT2D eigenvalue weighted by atomic mass is 9.49. The van der Waals surface area contributed by atoms with E-state index in [-0.39, 0.29) is 43.8 Å². The molecule has 1 saturated heterocycles. The lowest BCUT2D eigenvalue weighted by Gasteiger charge is -2.59. The molecular weight excluding hydrogens is 611 g/mol. The van der Waals surface area contributed by atoms with Gasteiger partial charge in [0.15, 0.2) is 5.79 Å². The van der Waals surface area contributed by atoms with E-state index in [2.05, 4.69) is 13.8 Å². The van der Waals surface area contributed by atoms with Gasteiger partial charge in [-0.15, -0.1) is 0 Å². The second-order valence-electron chi connectivity index (χ2n) is 15.5. The summed E-state index contributed by atoms with van der Waals surface area (Å²) in [5.41, 5.74) is -2.93. The number of allylic oxidation sites excluding steroid dienone is 1. The van der Waals surface area contributed by atoms with Crippen molar-refractivity contribution in [3.63, 3.8) is 0 Å². The van der Waals surface area contributed by atoms with Gasteiger partial charge in [0.1, 0.15) is 5.60 Å². The quantitative estimate of drug-likeness (QED) is 0.177. The van der Waals surface area contributed by atoms with E-state index in [1.807, 2.05) is 24.3 Å². The molecule has 6 nitrogen and oxygen atoms in total. The Bertz CT molecular complexity index is 1320. The molecule has 46 heavy (non-hydrogen) atoms. The molecule has 3 N–H and O–H groups in total. The predicted octanol–water partition coefficient (Wildman–Crippen LogP) is 6.46. The van der Waals surface area contributed by atoms with Crippen LogP contribution in [-0.4, -0.2) is 77.4 Å². The van der Waals surface area contributed by atoms with Gasteiger partial charge in [0.25, 0.3) is 0 Å². The minimum Gasteiger partial charge on any atom is -0.394 e. The topological polar surface area (TPSA) is 88.4 Å². The smallest absolute Gasteiger partial charge is 0.394 e. The summed E-state index contributed by atoms with van der Waals surface area (Å²) < 4.78 is 90.3. The third-order valence-electron chi connectivity index (χ3n) is 12.0. The normalized spacial score (nSPS) is 37.2. The maximum absolute atomic E-state index is 15.3. The van der Waals surface area contributed by atoms with E-state index in [1.165, 1.54) is 6.92 Å². The number of alkyl halides is 5. The SMILES string of the molecule is CC1(C)COC2(CCC3=C4C(CCC3(O)C2)C2CC[C@@](O)(C(F)(F)C(F)(F)F)[C@@]2(C)C[C@@H]4c2ccc(CCOCCO)cc2)OC1. The zero-order chi connectivity index (χ0) is 33.4. The van der Waals surface area contributed by atoms with Crippen molar-refractivity contribution in [1.82, 2.24) is 0 Å². The average Bonchev–Trinajstić information content (AvgIpc) is 3.27. The summed E-state index contributed by atoms with van der Waals surface area (Å²) in [6, 6.07) is 7.55. The summed E-state index contributed by atoms with van der Waals surface area (Å²) in [6.45, 7) is 7.05. The first kappa shape index (κ1) is 34.2. The highest BCUT2D eigenvalue weighted by Gasteiger charge is 2.79. The van der Waals surface area contributed by atoms with Crippen molar-refractivity contribution in [2.24, 2.45) is 22.7 Å². The molecule has 3 unspecified atom stereocenters. The second kappa shape index (κ2) is 11.5. The van der Waals surface area contributed by atoms with E-state index in [0.717, 1.165) is 22.3 Å². The molecule has 6 rings (SSSR count). The summed E-state index contributed by atoms with van der Waals surface area (Å²) in [4.78, 5) is 0. The van der Waals surface area contributed by atoms with Gasteiger partial charge in [-0.05, 0) is 73.5 Å². The molecule has 1 spiro atoms. The van der Waals surface area contributed by atoms with E-state index in [9.17, 15) is 23.4 Å². The fourth-order valence-electron chi connectivity index (χ4n) is 9.58. The second-order valence-corrected chi connectivity index (χ2v) is 15.5. The van der Waals surface area contributed by atoms with Gasteiger partial charge in [-0.3, -0.25) is 0 Å². The Morgan fingerprint density at radius 2 is 1.59 bits per heavy atom. The highest BCUT2D eigenvalue weighted by Crippen LogP contribution is 2.71. The molecule has 0 radical (unpaired) electrons. The van der Waals surface area contributed by atoms with Crippen LogP contribution in [0.5, 0.6) is 0 Å². The molecule has 1 aliphatic heterocycles. The van der Waals surface area contributed by atoms with Gasteiger partial charge in [0.05, 0.1) is 38.6 Å². The first-order valence-electron chi connectivity index (χ1n) is 16.6. The van der Waals surface area contributed by atoms with Gasteiger partial charge in [0.2, 0.25) is 0 Å². The minimum absolute atomic E-state index is 0.0449. The molecule has 11 heteroatoms. The van der Waals surface area contributed by atoms with Gasteiger partial charge >= 0.3 is 12.1 Å². The number of rotatable bonds is 7. The number of benzene rings is 1. The van der Waals surface area contributed by atoms with Crippen LogP contribution in [0.3, 0.4) is 0 Å². The maximum Gasteiger partial charge on any atom is 0.456 e. The van der Waals surface area contributed by atoms with Crippen molar-refractivity contribution in [3.8, 4) is 0 Å². The van der Waals surface area contributed by atoms with Crippen molar-refractivity contribution < 1.29 is 51.5 Å². The van der Waals surface area contributed by atoms with Crippen LogP contribution in [0, 0.1) is 22.7 Å². The zero-order valence-electron chi connectivity index (χ0n) is 26.9.